The zero-order chi connectivity index (χ0) is 10.8. The van der Waals surface area contributed by atoms with E-state index in [4.69, 9.17) is 12.2 Å². The van der Waals surface area contributed by atoms with Gasteiger partial charge in [-0.05, 0) is 17.3 Å². The van der Waals surface area contributed by atoms with Gasteiger partial charge in [0.25, 0.3) is 5.12 Å². The molecule has 1 aliphatic rings. The lowest BCUT2D eigenvalue weighted by Crippen LogP contribution is -2.29. The molecule has 0 radical (unpaired) electrons. The zero-order valence-electron chi connectivity index (χ0n) is 7.67. The standard InChI is InChI=1S/C10H7NO2S2/c12-8-9(13)15-10(14)11(8)6-7-4-2-1-3-5-7/h1-5H,6H2. The Morgan fingerprint density at radius 3 is 2.40 bits per heavy atom. The van der Waals surface area contributed by atoms with Gasteiger partial charge in [-0.1, -0.05) is 42.5 Å². The molecule has 0 aromatic heterocycles. The van der Waals surface area contributed by atoms with Crippen LogP contribution in [0.25, 0.3) is 0 Å². The lowest BCUT2D eigenvalue weighted by Gasteiger charge is -2.13. The maximum Gasteiger partial charge on any atom is 0.307 e. The summed E-state index contributed by atoms with van der Waals surface area (Å²) in [6.45, 7) is 0.372. The number of thioether (sulfide) groups is 1. The molecule has 3 nitrogen and oxygen atoms in total. The average Bonchev–Trinajstić information content (AvgIpc) is 2.47. The Labute approximate surface area is 96.5 Å². The van der Waals surface area contributed by atoms with Gasteiger partial charge in [-0.25, -0.2) is 0 Å². The van der Waals surface area contributed by atoms with E-state index in [1.165, 1.54) is 4.90 Å². The minimum atomic E-state index is -0.520. The van der Waals surface area contributed by atoms with Crippen molar-refractivity contribution in [1.82, 2.24) is 4.90 Å². The molecule has 1 heterocycles. The molecule has 1 amide bonds. The molecule has 1 aromatic rings. The summed E-state index contributed by atoms with van der Waals surface area (Å²) in [6, 6.07) is 9.45. The van der Waals surface area contributed by atoms with Gasteiger partial charge in [0.1, 0.15) is 0 Å². The van der Waals surface area contributed by atoms with Crippen molar-refractivity contribution in [2.45, 2.75) is 6.54 Å². The van der Waals surface area contributed by atoms with Crippen molar-refractivity contribution in [2.75, 3.05) is 0 Å². The molecule has 0 unspecified atom stereocenters. The van der Waals surface area contributed by atoms with Gasteiger partial charge in [0.05, 0.1) is 6.54 Å². The molecule has 2 rings (SSSR count). The fraction of sp³-hybridized carbons (Fsp3) is 0.100. The van der Waals surface area contributed by atoms with Gasteiger partial charge in [-0.2, -0.15) is 0 Å². The third-order valence-electron chi connectivity index (χ3n) is 2.00. The largest absolute Gasteiger partial charge is 0.307 e. The second-order valence-corrected chi connectivity index (χ2v) is 4.64. The number of amides is 1. The smallest absolute Gasteiger partial charge is 0.285 e. The fourth-order valence-electron chi connectivity index (χ4n) is 1.27. The van der Waals surface area contributed by atoms with Crippen LogP contribution in [0.3, 0.4) is 0 Å². The summed E-state index contributed by atoms with van der Waals surface area (Å²) in [5.74, 6) is -0.520. The van der Waals surface area contributed by atoms with Crippen LogP contribution in [-0.4, -0.2) is 20.2 Å². The summed E-state index contributed by atoms with van der Waals surface area (Å²) in [5, 5.41) is -0.490. The molecule has 0 saturated carbocycles. The molecular formula is C10H7NO2S2. The Morgan fingerprint density at radius 1 is 1.20 bits per heavy atom. The van der Waals surface area contributed by atoms with E-state index in [2.05, 4.69) is 0 Å². The highest BCUT2D eigenvalue weighted by molar-refractivity contribution is 8.34. The van der Waals surface area contributed by atoms with Gasteiger partial charge in [0.15, 0.2) is 4.32 Å². The van der Waals surface area contributed by atoms with E-state index >= 15 is 0 Å². The molecule has 5 heteroatoms. The second-order valence-electron chi connectivity index (χ2n) is 3.03. The molecule has 0 atom stereocenters. The Bertz CT molecular complexity index is 430. The third kappa shape index (κ3) is 2.08. The van der Waals surface area contributed by atoms with Crippen LogP contribution in [0.5, 0.6) is 0 Å². The van der Waals surface area contributed by atoms with Crippen molar-refractivity contribution in [3.05, 3.63) is 35.9 Å². The van der Waals surface area contributed by atoms with Crippen LogP contribution >= 0.6 is 24.0 Å². The Morgan fingerprint density at radius 2 is 1.87 bits per heavy atom. The number of rotatable bonds is 2. The van der Waals surface area contributed by atoms with Gasteiger partial charge in [0, 0.05) is 0 Å². The highest BCUT2D eigenvalue weighted by Crippen LogP contribution is 2.22. The Hall–Kier alpha value is -1.20. The quantitative estimate of drug-likeness (QED) is 0.578. The van der Waals surface area contributed by atoms with Gasteiger partial charge in [-0.3, -0.25) is 14.5 Å². The second kappa shape index (κ2) is 4.12. The van der Waals surface area contributed by atoms with E-state index in [1.807, 2.05) is 30.3 Å². The maximum atomic E-state index is 11.4. The third-order valence-corrected chi connectivity index (χ3v) is 3.23. The van der Waals surface area contributed by atoms with Crippen LogP contribution in [0, 0.1) is 0 Å². The lowest BCUT2D eigenvalue weighted by atomic mass is 10.2. The van der Waals surface area contributed by atoms with E-state index in [0.29, 0.717) is 10.9 Å². The molecule has 15 heavy (non-hydrogen) atoms. The van der Waals surface area contributed by atoms with Crippen molar-refractivity contribution in [2.24, 2.45) is 0 Å². The molecule has 76 valence electrons. The topological polar surface area (TPSA) is 37.4 Å². The van der Waals surface area contributed by atoms with Crippen molar-refractivity contribution < 1.29 is 9.59 Å². The number of hydrogen-bond donors (Lipinski definition) is 0. The van der Waals surface area contributed by atoms with E-state index in [0.717, 1.165) is 17.3 Å². The number of carbonyl (C=O) groups is 2. The normalized spacial score (nSPS) is 16.3. The highest BCUT2D eigenvalue weighted by Gasteiger charge is 2.35. The van der Waals surface area contributed by atoms with E-state index in [9.17, 15) is 9.59 Å². The van der Waals surface area contributed by atoms with Crippen LogP contribution in [0.15, 0.2) is 30.3 Å². The van der Waals surface area contributed by atoms with Crippen molar-refractivity contribution >= 4 is 39.3 Å². The Balaban J connectivity index is 2.16. The number of benzene rings is 1. The molecule has 0 N–H and O–H groups in total. The van der Waals surface area contributed by atoms with Gasteiger partial charge < -0.3 is 0 Å². The van der Waals surface area contributed by atoms with Crippen LogP contribution < -0.4 is 0 Å². The number of thiocarbonyl (C=S) groups is 1. The minimum Gasteiger partial charge on any atom is -0.285 e. The first-order valence-corrected chi connectivity index (χ1v) is 5.52. The number of hydrogen-bond acceptors (Lipinski definition) is 4. The van der Waals surface area contributed by atoms with Crippen LogP contribution in [0.2, 0.25) is 0 Å². The van der Waals surface area contributed by atoms with Crippen molar-refractivity contribution in [3.8, 4) is 0 Å². The highest BCUT2D eigenvalue weighted by atomic mass is 32.2. The first-order valence-electron chi connectivity index (χ1n) is 4.30. The zero-order valence-corrected chi connectivity index (χ0v) is 9.31. The first kappa shape index (κ1) is 10.3. The van der Waals surface area contributed by atoms with E-state index in [-0.39, 0.29) is 0 Å². The van der Waals surface area contributed by atoms with Crippen LogP contribution in [0.1, 0.15) is 5.56 Å². The molecule has 1 aliphatic heterocycles. The van der Waals surface area contributed by atoms with Gasteiger partial charge in [-0.15, -0.1) is 0 Å². The molecule has 0 aliphatic carbocycles. The van der Waals surface area contributed by atoms with Crippen molar-refractivity contribution in [1.29, 1.82) is 0 Å². The predicted octanol–water partition coefficient (Wildman–Crippen LogP) is 1.57. The van der Waals surface area contributed by atoms with E-state index in [1.54, 1.807) is 0 Å². The summed E-state index contributed by atoms with van der Waals surface area (Å²) >= 11 is 5.77. The average molecular weight is 237 g/mol. The maximum absolute atomic E-state index is 11.4. The number of carbonyl (C=O) groups excluding carboxylic acids is 2. The fourth-order valence-corrected chi connectivity index (χ4v) is 2.26. The predicted molar refractivity (Wildman–Crippen MR) is 62.2 cm³/mol. The van der Waals surface area contributed by atoms with Crippen LogP contribution in [-0.2, 0) is 16.1 Å². The molecule has 0 bridgehead atoms. The molecule has 0 spiro atoms. The van der Waals surface area contributed by atoms with Crippen LogP contribution in [0.4, 0.5) is 0 Å². The molecule has 1 aromatic carbocycles. The SMILES string of the molecule is O=C1SC(=S)N(Cc2ccccc2)C1=O. The molecule has 1 saturated heterocycles. The summed E-state index contributed by atoms with van der Waals surface area (Å²) in [4.78, 5) is 23.8. The van der Waals surface area contributed by atoms with Crippen molar-refractivity contribution in [3.63, 3.8) is 0 Å². The van der Waals surface area contributed by atoms with E-state index < -0.39 is 11.0 Å². The summed E-state index contributed by atoms with van der Waals surface area (Å²) in [5.41, 5.74) is 0.962. The monoisotopic (exact) mass is 237 g/mol. The summed E-state index contributed by atoms with van der Waals surface area (Å²) in [7, 11) is 0. The number of nitrogens with zero attached hydrogens (tertiary/aromatic N) is 1. The molecular weight excluding hydrogens is 230 g/mol. The lowest BCUT2D eigenvalue weighted by molar-refractivity contribution is -0.137. The minimum absolute atomic E-state index is 0.342. The summed E-state index contributed by atoms with van der Waals surface area (Å²) < 4.78 is 0.342. The molecule has 1 fully saturated rings. The summed E-state index contributed by atoms with van der Waals surface area (Å²) in [6.07, 6.45) is 0. The Kier molecular flexibility index (Phi) is 2.83. The first-order chi connectivity index (χ1) is 7.18. The van der Waals surface area contributed by atoms with Gasteiger partial charge in [0.2, 0.25) is 0 Å². The van der Waals surface area contributed by atoms with Gasteiger partial charge >= 0.3 is 5.91 Å².